The highest BCUT2D eigenvalue weighted by atomic mass is 32.1. The van der Waals surface area contributed by atoms with Crippen LogP contribution in [0.4, 0.5) is 0 Å². The van der Waals surface area contributed by atoms with E-state index in [1.807, 2.05) is 6.07 Å². The molecule has 0 aliphatic heterocycles. The Morgan fingerprint density at radius 2 is 1.60 bits per heavy atom. The molecule has 0 aliphatic carbocycles. The van der Waals surface area contributed by atoms with E-state index < -0.39 is 5.78 Å². The highest BCUT2D eigenvalue weighted by Gasteiger charge is 2.19. The van der Waals surface area contributed by atoms with Gasteiger partial charge in [0.05, 0.1) is 18.7 Å². The number of nitriles is 1. The second-order valence-corrected chi connectivity index (χ2v) is 5.75. The Labute approximate surface area is 147 Å². The predicted molar refractivity (Wildman–Crippen MR) is 90.9 cm³/mol. The Hall–Kier alpha value is -3.37. The van der Waals surface area contributed by atoms with Gasteiger partial charge in [0.2, 0.25) is 17.4 Å². The Balaban J connectivity index is 1.82. The molecule has 2 aromatic carbocycles. The number of carbonyl (C=O) groups excluding carboxylic acids is 2. The lowest BCUT2D eigenvalue weighted by Gasteiger charge is -2.00. The maximum Gasteiger partial charge on any atom is 0.231 e. The van der Waals surface area contributed by atoms with Crippen LogP contribution in [0.25, 0.3) is 0 Å². The van der Waals surface area contributed by atoms with E-state index in [0.717, 1.165) is 11.5 Å². The SMILES string of the molecule is COc1ccc(C(=O)c2nc(C(=O)c3ccc(C#N)cc3)ns2)cc1. The molecule has 3 rings (SSSR count). The predicted octanol–water partition coefficient (Wildman–Crippen LogP) is 2.88. The van der Waals surface area contributed by atoms with Crippen molar-refractivity contribution in [2.75, 3.05) is 7.11 Å². The molecule has 0 saturated heterocycles. The van der Waals surface area contributed by atoms with Gasteiger partial charge in [-0.25, -0.2) is 4.98 Å². The van der Waals surface area contributed by atoms with Crippen LogP contribution in [-0.2, 0) is 0 Å². The van der Waals surface area contributed by atoms with Crippen molar-refractivity contribution in [1.29, 1.82) is 5.26 Å². The smallest absolute Gasteiger partial charge is 0.231 e. The molecule has 0 saturated carbocycles. The highest BCUT2D eigenvalue weighted by molar-refractivity contribution is 7.08. The summed E-state index contributed by atoms with van der Waals surface area (Å²) in [5, 5.41) is 8.93. The fraction of sp³-hybridized carbons (Fsp3) is 0.0556. The maximum absolute atomic E-state index is 12.4. The molecule has 0 bridgehead atoms. The van der Waals surface area contributed by atoms with Gasteiger partial charge in [-0.1, -0.05) is 0 Å². The van der Waals surface area contributed by atoms with Crippen molar-refractivity contribution >= 4 is 23.1 Å². The summed E-state index contributed by atoms with van der Waals surface area (Å²) in [4.78, 5) is 28.9. The summed E-state index contributed by atoms with van der Waals surface area (Å²) in [6.07, 6.45) is 0. The van der Waals surface area contributed by atoms with Crippen LogP contribution in [0, 0.1) is 11.3 Å². The van der Waals surface area contributed by atoms with Crippen LogP contribution in [0.2, 0.25) is 0 Å². The minimum atomic E-state index is -0.394. The number of benzene rings is 2. The summed E-state index contributed by atoms with van der Waals surface area (Å²) in [7, 11) is 1.54. The lowest BCUT2D eigenvalue weighted by atomic mass is 10.1. The zero-order valence-electron chi connectivity index (χ0n) is 13.1. The van der Waals surface area contributed by atoms with Crippen molar-refractivity contribution in [1.82, 2.24) is 9.36 Å². The first-order valence-corrected chi connectivity index (χ1v) is 7.97. The molecule has 0 amide bonds. The Morgan fingerprint density at radius 3 is 2.20 bits per heavy atom. The Bertz CT molecular complexity index is 970. The number of hydrogen-bond donors (Lipinski definition) is 0. The van der Waals surface area contributed by atoms with Gasteiger partial charge in [0.15, 0.2) is 5.01 Å². The third kappa shape index (κ3) is 3.44. The number of ether oxygens (including phenoxy) is 1. The van der Waals surface area contributed by atoms with Crippen LogP contribution in [-0.4, -0.2) is 28.0 Å². The van der Waals surface area contributed by atoms with Crippen molar-refractivity contribution < 1.29 is 14.3 Å². The van der Waals surface area contributed by atoms with Crippen molar-refractivity contribution in [3.8, 4) is 11.8 Å². The van der Waals surface area contributed by atoms with Crippen LogP contribution in [0.15, 0.2) is 48.5 Å². The Kier molecular flexibility index (Phi) is 4.64. The normalized spacial score (nSPS) is 10.1. The lowest BCUT2D eigenvalue weighted by molar-refractivity contribution is 0.103. The number of methoxy groups -OCH3 is 1. The van der Waals surface area contributed by atoms with E-state index in [2.05, 4.69) is 9.36 Å². The van der Waals surface area contributed by atoms with Gasteiger partial charge in [0.1, 0.15) is 5.75 Å². The van der Waals surface area contributed by atoms with Crippen molar-refractivity contribution in [3.63, 3.8) is 0 Å². The molecule has 0 aliphatic rings. The van der Waals surface area contributed by atoms with E-state index in [-0.39, 0.29) is 16.6 Å². The number of rotatable bonds is 5. The van der Waals surface area contributed by atoms with Crippen LogP contribution in [0.5, 0.6) is 5.75 Å². The average Bonchev–Trinajstić information content (AvgIpc) is 3.17. The third-order valence-corrected chi connectivity index (χ3v) is 4.17. The van der Waals surface area contributed by atoms with E-state index in [1.165, 1.54) is 12.1 Å². The van der Waals surface area contributed by atoms with E-state index in [9.17, 15) is 9.59 Å². The molecule has 0 fully saturated rings. The fourth-order valence-corrected chi connectivity index (χ4v) is 2.72. The first kappa shape index (κ1) is 16.5. The number of hydrogen-bond acceptors (Lipinski definition) is 7. The van der Waals surface area contributed by atoms with E-state index in [4.69, 9.17) is 10.00 Å². The van der Waals surface area contributed by atoms with Gasteiger partial charge in [-0.2, -0.15) is 9.64 Å². The minimum Gasteiger partial charge on any atom is -0.497 e. The second-order valence-electron chi connectivity index (χ2n) is 5.00. The quantitative estimate of drug-likeness (QED) is 0.658. The Morgan fingerprint density at radius 1 is 1.00 bits per heavy atom. The van der Waals surface area contributed by atoms with Gasteiger partial charge in [0, 0.05) is 11.1 Å². The van der Waals surface area contributed by atoms with Crippen molar-refractivity contribution in [3.05, 3.63) is 76.1 Å². The zero-order chi connectivity index (χ0) is 17.8. The summed E-state index contributed by atoms with van der Waals surface area (Å²) < 4.78 is 9.04. The lowest BCUT2D eigenvalue weighted by Crippen LogP contribution is -2.06. The monoisotopic (exact) mass is 349 g/mol. The van der Waals surface area contributed by atoms with Crippen LogP contribution in [0.1, 0.15) is 37.1 Å². The molecular weight excluding hydrogens is 338 g/mol. The van der Waals surface area contributed by atoms with Crippen LogP contribution in [0.3, 0.4) is 0 Å². The molecule has 0 radical (unpaired) electrons. The topological polar surface area (TPSA) is 92.9 Å². The molecular formula is C18H11N3O3S. The summed E-state index contributed by atoms with van der Waals surface area (Å²) in [5.41, 5.74) is 1.26. The largest absolute Gasteiger partial charge is 0.497 e. The van der Waals surface area contributed by atoms with E-state index in [1.54, 1.807) is 43.5 Å². The van der Waals surface area contributed by atoms with Gasteiger partial charge >= 0.3 is 0 Å². The van der Waals surface area contributed by atoms with Crippen LogP contribution < -0.4 is 4.74 Å². The van der Waals surface area contributed by atoms with Gasteiger partial charge in [-0.3, -0.25) is 9.59 Å². The van der Waals surface area contributed by atoms with Gasteiger partial charge < -0.3 is 4.74 Å². The zero-order valence-corrected chi connectivity index (χ0v) is 13.9. The van der Waals surface area contributed by atoms with E-state index in [0.29, 0.717) is 22.4 Å². The van der Waals surface area contributed by atoms with Gasteiger partial charge in [-0.15, -0.1) is 0 Å². The molecule has 0 unspecified atom stereocenters. The highest BCUT2D eigenvalue weighted by Crippen LogP contribution is 2.17. The van der Waals surface area contributed by atoms with Crippen LogP contribution >= 0.6 is 11.5 Å². The third-order valence-electron chi connectivity index (χ3n) is 3.45. The average molecular weight is 349 g/mol. The first-order valence-electron chi connectivity index (χ1n) is 7.19. The number of ketones is 2. The number of aromatic nitrogens is 2. The molecule has 0 atom stereocenters. The van der Waals surface area contributed by atoms with Gasteiger partial charge in [0.25, 0.3) is 0 Å². The molecule has 3 aromatic rings. The molecule has 25 heavy (non-hydrogen) atoms. The molecule has 0 spiro atoms. The fourth-order valence-electron chi connectivity index (χ4n) is 2.10. The van der Waals surface area contributed by atoms with E-state index >= 15 is 0 Å². The number of nitrogens with zero attached hydrogens (tertiary/aromatic N) is 3. The van der Waals surface area contributed by atoms with Crippen molar-refractivity contribution in [2.45, 2.75) is 0 Å². The standard InChI is InChI=1S/C18H11N3O3S/c1-24-14-8-6-13(7-9-14)16(23)18-20-17(21-25-18)15(22)12-4-2-11(10-19)3-5-12/h2-9H,1H3. The molecule has 7 heteroatoms. The summed E-state index contributed by atoms with van der Waals surface area (Å²) in [6, 6.07) is 14.8. The van der Waals surface area contributed by atoms with Crippen molar-refractivity contribution in [2.24, 2.45) is 0 Å². The molecule has 1 aromatic heterocycles. The minimum absolute atomic E-state index is 0.0356. The number of carbonyl (C=O) groups is 2. The van der Waals surface area contributed by atoms with Gasteiger partial charge in [-0.05, 0) is 60.1 Å². The molecule has 6 nitrogen and oxygen atoms in total. The summed E-state index contributed by atoms with van der Waals surface area (Å²) in [6.45, 7) is 0. The molecule has 122 valence electrons. The second kappa shape index (κ2) is 7.03. The summed E-state index contributed by atoms with van der Waals surface area (Å²) >= 11 is 0.878. The molecule has 1 heterocycles. The first-order chi connectivity index (χ1) is 12.1. The summed E-state index contributed by atoms with van der Waals surface area (Å²) in [5.74, 6) is -0.0920. The molecule has 0 N–H and O–H groups in total. The maximum atomic E-state index is 12.4.